The highest BCUT2D eigenvalue weighted by atomic mass is 15.0. The van der Waals surface area contributed by atoms with Crippen LogP contribution >= 0.6 is 0 Å². The maximum absolute atomic E-state index is 2.44. The standard InChI is InChI=1S/C48H34N2/c1-31-27-37(28-32(2)48(31)41-20-12-14-33-13-6-7-17-38(33)41)50-45-22-11-9-19-40(45)43-30-35(24-26-47(43)50)34-23-25-46-42(29-34)39-18-8-10-21-44(39)49(46)36-15-4-3-5-16-36/h3-30H,1-2H3. The van der Waals surface area contributed by atoms with E-state index in [2.05, 4.69) is 193 Å². The van der Waals surface area contributed by atoms with E-state index in [4.69, 9.17) is 0 Å². The van der Waals surface area contributed by atoms with Crippen LogP contribution in [0.4, 0.5) is 0 Å². The molecule has 0 spiro atoms. The Bertz CT molecular complexity index is 2910. The van der Waals surface area contributed by atoms with Crippen molar-refractivity contribution in [1.82, 2.24) is 9.13 Å². The summed E-state index contributed by atoms with van der Waals surface area (Å²) >= 11 is 0. The van der Waals surface area contributed by atoms with Crippen LogP contribution in [0.25, 0.3) is 88.0 Å². The largest absolute Gasteiger partial charge is 0.309 e. The lowest BCUT2D eigenvalue weighted by molar-refractivity contribution is 1.16. The number of para-hydroxylation sites is 3. The minimum Gasteiger partial charge on any atom is -0.309 e. The predicted molar refractivity (Wildman–Crippen MR) is 213 cm³/mol. The van der Waals surface area contributed by atoms with Crippen molar-refractivity contribution in [3.05, 3.63) is 181 Å². The van der Waals surface area contributed by atoms with Crippen LogP contribution < -0.4 is 0 Å². The zero-order valence-corrected chi connectivity index (χ0v) is 28.1. The molecule has 0 atom stereocenters. The fraction of sp³-hybridized carbons (Fsp3) is 0.0417. The smallest absolute Gasteiger partial charge is 0.0541 e. The first-order valence-electron chi connectivity index (χ1n) is 17.4. The molecule has 8 aromatic carbocycles. The van der Waals surface area contributed by atoms with Gasteiger partial charge in [0.05, 0.1) is 22.1 Å². The third-order valence-corrected chi connectivity index (χ3v) is 10.5. The first-order chi connectivity index (χ1) is 24.6. The summed E-state index contributed by atoms with van der Waals surface area (Å²) in [5.74, 6) is 0. The maximum Gasteiger partial charge on any atom is 0.0541 e. The number of benzene rings is 8. The Morgan fingerprint density at radius 1 is 0.340 bits per heavy atom. The van der Waals surface area contributed by atoms with Crippen molar-refractivity contribution in [1.29, 1.82) is 0 Å². The van der Waals surface area contributed by atoms with Gasteiger partial charge >= 0.3 is 0 Å². The van der Waals surface area contributed by atoms with Crippen LogP contribution in [-0.2, 0) is 0 Å². The minimum atomic E-state index is 1.18. The predicted octanol–water partition coefficient (Wildman–Crippen LogP) is 13.0. The number of hydrogen-bond donors (Lipinski definition) is 0. The monoisotopic (exact) mass is 638 g/mol. The van der Waals surface area contributed by atoms with Crippen molar-refractivity contribution < 1.29 is 0 Å². The topological polar surface area (TPSA) is 9.86 Å². The summed E-state index contributed by atoms with van der Waals surface area (Å²) in [5.41, 5.74) is 14.9. The number of rotatable bonds is 4. The average Bonchev–Trinajstić information content (AvgIpc) is 3.67. The number of hydrogen-bond acceptors (Lipinski definition) is 0. The van der Waals surface area contributed by atoms with Gasteiger partial charge in [0.2, 0.25) is 0 Å². The average molecular weight is 639 g/mol. The molecule has 10 rings (SSSR count). The van der Waals surface area contributed by atoms with E-state index in [1.807, 2.05) is 0 Å². The molecule has 0 saturated carbocycles. The Morgan fingerprint density at radius 2 is 0.820 bits per heavy atom. The second-order valence-electron chi connectivity index (χ2n) is 13.5. The molecule has 0 aliphatic rings. The van der Waals surface area contributed by atoms with Gasteiger partial charge in [-0.05, 0) is 119 Å². The molecule has 2 nitrogen and oxygen atoms in total. The number of fused-ring (bicyclic) bond motifs is 7. The lowest BCUT2D eigenvalue weighted by atomic mass is 9.91. The fourth-order valence-electron chi connectivity index (χ4n) is 8.38. The SMILES string of the molecule is Cc1cc(-n2c3ccccc3c3cc(-c4ccc5c(c4)c4ccccc4n5-c4ccccc4)ccc32)cc(C)c1-c1cccc2ccccc12. The molecule has 0 fully saturated rings. The van der Waals surface area contributed by atoms with Crippen molar-refractivity contribution in [3.63, 3.8) is 0 Å². The van der Waals surface area contributed by atoms with Crippen molar-refractivity contribution in [3.8, 4) is 33.6 Å². The van der Waals surface area contributed by atoms with Crippen LogP contribution in [-0.4, -0.2) is 9.13 Å². The van der Waals surface area contributed by atoms with Gasteiger partial charge in [0.1, 0.15) is 0 Å². The molecule has 2 aromatic heterocycles. The zero-order valence-electron chi connectivity index (χ0n) is 28.1. The summed E-state index contributed by atoms with van der Waals surface area (Å²) < 4.78 is 4.82. The van der Waals surface area contributed by atoms with Crippen LogP contribution in [0.3, 0.4) is 0 Å². The van der Waals surface area contributed by atoms with E-state index in [-0.39, 0.29) is 0 Å². The molecule has 236 valence electrons. The quantitative estimate of drug-likeness (QED) is 0.182. The highest BCUT2D eigenvalue weighted by molar-refractivity contribution is 6.13. The second-order valence-corrected chi connectivity index (χ2v) is 13.5. The Balaban J connectivity index is 1.14. The second kappa shape index (κ2) is 11.1. The molecule has 50 heavy (non-hydrogen) atoms. The number of nitrogens with zero attached hydrogens (tertiary/aromatic N) is 2. The van der Waals surface area contributed by atoms with Gasteiger partial charge in [-0.2, -0.15) is 0 Å². The maximum atomic E-state index is 2.44. The molecule has 0 radical (unpaired) electrons. The summed E-state index contributed by atoms with van der Waals surface area (Å²) in [6, 6.07) is 62.2. The van der Waals surface area contributed by atoms with Crippen LogP contribution in [0.2, 0.25) is 0 Å². The molecule has 0 aliphatic heterocycles. The van der Waals surface area contributed by atoms with E-state index in [1.165, 1.54) is 99.1 Å². The molecule has 0 aliphatic carbocycles. The Kier molecular flexibility index (Phi) is 6.34. The first kappa shape index (κ1) is 28.6. The molecular formula is C48H34N2. The zero-order chi connectivity index (χ0) is 33.3. The van der Waals surface area contributed by atoms with Crippen LogP contribution in [0.15, 0.2) is 170 Å². The third kappa shape index (κ3) is 4.28. The molecule has 2 heterocycles. The molecular weight excluding hydrogens is 605 g/mol. The van der Waals surface area contributed by atoms with Gasteiger partial charge in [0.25, 0.3) is 0 Å². The lowest BCUT2D eigenvalue weighted by Gasteiger charge is -2.17. The van der Waals surface area contributed by atoms with Gasteiger partial charge in [0.15, 0.2) is 0 Å². The van der Waals surface area contributed by atoms with E-state index in [1.54, 1.807) is 0 Å². The van der Waals surface area contributed by atoms with E-state index >= 15 is 0 Å². The summed E-state index contributed by atoms with van der Waals surface area (Å²) in [4.78, 5) is 0. The van der Waals surface area contributed by atoms with Crippen molar-refractivity contribution >= 4 is 54.4 Å². The molecule has 10 aromatic rings. The van der Waals surface area contributed by atoms with Crippen molar-refractivity contribution in [2.24, 2.45) is 0 Å². The van der Waals surface area contributed by atoms with Gasteiger partial charge in [-0.25, -0.2) is 0 Å². The molecule has 0 N–H and O–H groups in total. The third-order valence-electron chi connectivity index (χ3n) is 10.5. The summed E-state index contributed by atoms with van der Waals surface area (Å²) in [5, 5.41) is 7.62. The number of aromatic nitrogens is 2. The Hall–Kier alpha value is -6.38. The highest BCUT2D eigenvalue weighted by Gasteiger charge is 2.18. The highest BCUT2D eigenvalue weighted by Crippen LogP contribution is 2.40. The Morgan fingerprint density at radius 3 is 1.44 bits per heavy atom. The van der Waals surface area contributed by atoms with Gasteiger partial charge < -0.3 is 9.13 Å². The van der Waals surface area contributed by atoms with Gasteiger partial charge in [-0.3, -0.25) is 0 Å². The van der Waals surface area contributed by atoms with Crippen LogP contribution in [0.1, 0.15) is 11.1 Å². The van der Waals surface area contributed by atoms with Gasteiger partial charge in [-0.1, -0.05) is 109 Å². The van der Waals surface area contributed by atoms with Crippen LogP contribution in [0.5, 0.6) is 0 Å². The minimum absolute atomic E-state index is 1.18. The lowest BCUT2D eigenvalue weighted by Crippen LogP contribution is -1.98. The van der Waals surface area contributed by atoms with Crippen LogP contribution in [0, 0.1) is 13.8 Å². The molecule has 0 saturated heterocycles. The molecule has 2 heteroatoms. The van der Waals surface area contributed by atoms with Gasteiger partial charge in [-0.15, -0.1) is 0 Å². The van der Waals surface area contributed by atoms with Gasteiger partial charge in [0, 0.05) is 32.9 Å². The summed E-state index contributed by atoms with van der Waals surface area (Å²) in [7, 11) is 0. The van der Waals surface area contributed by atoms with Crippen molar-refractivity contribution in [2.75, 3.05) is 0 Å². The first-order valence-corrected chi connectivity index (χ1v) is 17.4. The van der Waals surface area contributed by atoms with E-state index < -0.39 is 0 Å². The van der Waals surface area contributed by atoms with E-state index in [0.29, 0.717) is 0 Å². The van der Waals surface area contributed by atoms with E-state index in [9.17, 15) is 0 Å². The summed E-state index contributed by atoms with van der Waals surface area (Å²) in [6.45, 7) is 4.51. The molecule has 0 amide bonds. The normalized spacial score (nSPS) is 11.8. The molecule has 0 bridgehead atoms. The van der Waals surface area contributed by atoms with Crippen molar-refractivity contribution in [2.45, 2.75) is 13.8 Å². The Labute approximate surface area is 291 Å². The van der Waals surface area contributed by atoms with E-state index in [0.717, 1.165) is 0 Å². The summed E-state index contributed by atoms with van der Waals surface area (Å²) in [6.07, 6.45) is 0. The molecule has 0 unspecified atom stereocenters. The number of aryl methyl sites for hydroxylation is 2. The fourth-order valence-corrected chi connectivity index (χ4v) is 8.38.